The van der Waals surface area contributed by atoms with Crippen LogP contribution >= 0.6 is 0 Å². The first-order valence-corrected chi connectivity index (χ1v) is 7.55. The van der Waals surface area contributed by atoms with Crippen LogP contribution in [-0.2, 0) is 0 Å². The van der Waals surface area contributed by atoms with E-state index in [0.717, 1.165) is 11.4 Å². The summed E-state index contributed by atoms with van der Waals surface area (Å²) in [6.07, 6.45) is 0. The van der Waals surface area contributed by atoms with Crippen LogP contribution in [0.1, 0.15) is 5.56 Å². The lowest BCUT2D eigenvalue weighted by atomic mass is 10.0. The van der Waals surface area contributed by atoms with E-state index in [4.69, 9.17) is 0 Å². The largest absolute Gasteiger partial charge is 0.355 e. The van der Waals surface area contributed by atoms with Gasteiger partial charge in [-0.25, -0.2) is 0 Å². The molecule has 0 bridgehead atoms. The molecule has 0 spiro atoms. The van der Waals surface area contributed by atoms with Crippen LogP contribution in [0.3, 0.4) is 0 Å². The molecular formula is C21H17N. The molecular weight excluding hydrogens is 266 g/mol. The van der Waals surface area contributed by atoms with E-state index in [9.17, 15) is 0 Å². The van der Waals surface area contributed by atoms with Crippen LogP contribution in [0.15, 0.2) is 78.9 Å². The zero-order valence-electron chi connectivity index (χ0n) is 12.5. The van der Waals surface area contributed by atoms with E-state index in [2.05, 4.69) is 91.1 Å². The van der Waals surface area contributed by atoms with E-state index in [1.807, 2.05) is 0 Å². The van der Waals surface area contributed by atoms with Gasteiger partial charge >= 0.3 is 0 Å². The van der Waals surface area contributed by atoms with Crippen molar-refractivity contribution in [2.75, 3.05) is 5.32 Å². The topological polar surface area (TPSA) is 12.0 Å². The van der Waals surface area contributed by atoms with Gasteiger partial charge < -0.3 is 5.32 Å². The third-order valence-corrected chi connectivity index (χ3v) is 4.07. The third-order valence-electron chi connectivity index (χ3n) is 4.07. The van der Waals surface area contributed by atoms with Gasteiger partial charge in [-0.15, -0.1) is 0 Å². The van der Waals surface area contributed by atoms with E-state index < -0.39 is 0 Å². The summed E-state index contributed by atoms with van der Waals surface area (Å²) in [4.78, 5) is 0. The van der Waals surface area contributed by atoms with E-state index in [0.29, 0.717) is 0 Å². The quantitative estimate of drug-likeness (QED) is 0.442. The average Bonchev–Trinajstić information content (AvgIpc) is 2.55. The van der Waals surface area contributed by atoms with E-state index >= 15 is 0 Å². The molecule has 0 atom stereocenters. The minimum absolute atomic E-state index is 1.13. The summed E-state index contributed by atoms with van der Waals surface area (Å²) in [7, 11) is 0. The van der Waals surface area contributed by atoms with Gasteiger partial charge in [0.25, 0.3) is 0 Å². The van der Waals surface area contributed by atoms with Gasteiger partial charge in [-0.05, 0) is 46.8 Å². The van der Waals surface area contributed by atoms with Crippen LogP contribution in [0.2, 0.25) is 0 Å². The molecule has 0 aliphatic rings. The molecule has 0 amide bonds. The Hall–Kier alpha value is -2.80. The maximum absolute atomic E-state index is 3.58. The standard InChI is InChI=1S/C21H17N/c1-15-6-4-9-18(14-15)22-20-11-5-8-17-13-12-16-7-2-3-10-19(16)21(17)20/h2-14,22H,1H3. The molecule has 0 heterocycles. The van der Waals surface area contributed by atoms with Crippen molar-refractivity contribution in [2.45, 2.75) is 6.92 Å². The Morgan fingerprint density at radius 1 is 0.682 bits per heavy atom. The highest BCUT2D eigenvalue weighted by molar-refractivity contribution is 6.13. The summed E-state index contributed by atoms with van der Waals surface area (Å²) in [5, 5.41) is 8.68. The fourth-order valence-corrected chi connectivity index (χ4v) is 3.04. The molecule has 0 radical (unpaired) electrons. The second kappa shape index (κ2) is 5.19. The smallest absolute Gasteiger partial charge is 0.0470 e. The van der Waals surface area contributed by atoms with Crippen molar-refractivity contribution in [1.29, 1.82) is 0 Å². The SMILES string of the molecule is Cc1cccc(Nc2cccc3ccc4ccccc4c23)c1. The molecule has 0 aliphatic heterocycles. The van der Waals surface area contributed by atoms with Gasteiger partial charge in [-0.1, -0.05) is 60.7 Å². The number of fused-ring (bicyclic) bond motifs is 3. The second-order valence-corrected chi connectivity index (χ2v) is 5.68. The highest BCUT2D eigenvalue weighted by atomic mass is 14.9. The second-order valence-electron chi connectivity index (χ2n) is 5.68. The Morgan fingerprint density at radius 2 is 1.45 bits per heavy atom. The minimum Gasteiger partial charge on any atom is -0.355 e. The lowest BCUT2D eigenvalue weighted by Gasteiger charge is -2.12. The maximum atomic E-state index is 3.58. The molecule has 1 heteroatoms. The molecule has 4 aromatic carbocycles. The van der Waals surface area contributed by atoms with E-state index in [1.165, 1.54) is 27.1 Å². The van der Waals surface area contributed by atoms with Gasteiger partial charge in [-0.2, -0.15) is 0 Å². The Labute approximate surface area is 130 Å². The van der Waals surface area contributed by atoms with Crippen LogP contribution < -0.4 is 5.32 Å². The monoisotopic (exact) mass is 283 g/mol. The van der Waals surface area contributed by atoms with Gasteiger partial charge in [0.15, 0.2) is 0 Å². The normalized spacial score (nSPS) is 11.0. The summed E-state index contributed by atoms with van der Waals surface area (Å²) < 4.78 is 0. The molecule has 22 heavy (non-hydrogen) atoms. The Bertz CT molecular complexity index is 970. The molecule has 106 valence electrons. The number of anilines is 2. The van der Waals surface area contributed by atoms with Crippen molar-refractivity contribution < 1.29 is 0 Å². The first-order chi connectivity index (χ1) is 10.8. The van der Waals surface area contributed by atoms with Crippen molar-refractivity contribution in [3.8, 4) is 0 Å². The van der Waals surface area contributed by atoms with Gasteiger partial charge in [0.2, 0.25) is 0 Å². The highest BCUT2D eigenvalue weighted by Crippen LogP contribution is 2.33. The van der Waals surface area contributed by atoms with Crippen molar-refractivity contribution >= 4 is 32.9 Å². The van der Waals surface area contributed by atoms with Crippen molar-refractivity contribution in [3.05, 3.63) is 84.4 Å². The maximum Gasteiger partial charge on any atom is 0.0470 e. The molecule has 0 saturated heterocycles. The lowest BCUT2D eigenvalue weighted by Crippen LogP contribution is -1.92. The number of hydrogen-bond donors (Lipinski definition) is 1. The lowest BCUT2D eigenvalue weighted by molar-refractivity contribution is 1.46. The fraction of sp³-hybridized carbons (Fsp3) is 0.0476. The van der Waals surface area contributed by atoms with Crippen LogP contribution in [0, 0.1) is 6.92 Å². The fourth-order valence-electron chi connectivity index (χ4n) is 3.04. The van der Waals surface area contributed by atoms with Crippen LogP contribution in [0.25, 0.3) is 21.5 Å². The van der Waals surface area contributed by atoms with Crippen LogP contribution in [0.5, 0.6) is 0 Å². The summed E-state index contributed by atoms with van der Waals surface area (Å²) >= 11 is 0. The van der Waals surface area contributed by atoms with Gasteiger partial charge in [0.05, 0.1) is 0 Å². The molecule has 0 aliphatic carbocycles. The van der Waals surface area contributed by atoms with E-state index in [1.54, 1.807) is 0 Å². The molecule has 4 rings (SSSR count). The molecule has 0 saturated carbocycles. The van der Waals surface area contributed by atoms with Crippen molar-refractivity contribution in [3.63, 3.8) is 0 Å². The minimum atomic E-state index is 1.13. The number of nitrogens with one attached hydrogen (secondary N) is 1. The van der Waals surface area contributed by atoms with Crippen molar-refractivity contribution in [1.82, 2.24) is 0 Å². The van der Waals surface area contributed by atoms with Crippen molar-refractivity contribution in [2.24, 2.45) is 0 Å². The predicted octanol–water partition coefficient (Wildman–Crippen LogP) is 6.05. The van der Waals surface area contributed by atoms with Gasteiger partial charge in [0.1, 0.15) is 0 Å². The zero-order valence-corrected chi connectivity index (χ0v) is 12.5. The zero-order chi connectivity index (χ0) is 14.9. The summed E-state index contributed by atoms with van der Waals surface area (Å²) in [6.45, 7) is 2.11. The van der Waals surface area contributed by atoms with E-state index in [-0.39, 0.29) is 0 Å². The number of hydrogen-bond acceptors (Lipinski definition) is 1. The van der Waals surface area contributed by atoms with Gasteiger partial charge in [0, 0.05) is 16.8 Å². The third kappa shape index (κ3) is 2.21. The Morgan fingerprint density at radius 3 is 2.36 bits per heavy atom. The van der Waals surface area contributed by atoms with Crippen LogP contribution in [-0.4, -0.2) is 0 Å². The first kappa shape index (κ1) is 12.9. The Kier molecular flexibility index (Phi) is 3.05. The average molecular weight is 283 g/mol. The molecule has 1 N–H and O–H groups in total. The first-order valence-electron chi connectivity index (χ1n) is 7.55. The highest BCUT2D eigenvalue weighted by Gasteiger charge is 2.05. The number of benzene rings is 4. The van der Waals surface area contributed by atoms with Gasteiger partial charge in [-0.3, -0.25) is 0 Å². The predicted molar refractivity (Wildman–Crippen MR) is 95.9 cm³/mol. The Balaban J connectivity index is 1.95. The molecule has 0 aromatic heterocycles. The summed E-state index contributed by atoms with van der Waals surface area (Å²) in [5.74, 6) is 0. The molecule has 0 fully saturated rings. The summed E-state index contributed by atoms with van der Waals surface area (Å²) in [6, 6.07) is 27.8. The molecule has 0 unspecified atom stereocenters. The number of rotatable bonds is 2. The number of aryl methyl sites for hydroxylation is 1. The molecule has 4 aromatic rings. The summed E-state index contributed by atoms with van der Waals surface area (Å²) in [5.41, 5.74) is 3.54. The van der Waals surface area contributed by atoms with Crippen LogP contribution in [0.4, 0.5) is 11.4 Å². The molecule has 1 nitrogen and oxygen atoms in total.